The molecule has 0 bridgehead atoms. The molecule has 0 spiro atoms. The van der Waals surface area contributed by atoms with Crippen LogP contribution in [0.2, 0.25) is 10.0 Å². The normalized spacial score (nSPS) is 11.4. The van der Waals surface area contributed by atoms with E-state index in [4.69, 9.17) is 23.2 Å². The summed E-state index contributed by atoms with van der Waals surface area (Å²) < 4.78 is 14.1. The Morgan fingerprint density at radius 2 is 1.00 bits per heavy atom. The van der Waals surface area contributed by atoms with Gasteiger partial charge in [-0.25, -0.2) is 0 Å². The van der Waals surface area contributed by atoms with Crippen LogP contribution in [0.4, 0.5) is 0 Å². The van der Waals surface area contributed by atoms with E-state index in [1.807, 2.05) is 54.6 Å². The van der Waals surface area contributed by atoms with Gasteiger partial charge in [-0.05, 0) is 24.3 Å². The van der Waals surface area contributed by atoms with Gasteiger partial charge in [0.15, 0.2) is 7.14 Å². The summed E-state index contributed by atoms with van der Waals surface area (Å²) in [4.78, 5) is 0. The molecular formula is C18H13Cl2OP. The first-order chi connectivity index (χ1) is 10.6. The maximum absolute atomic E-state index is 14.1. The van der Waals surface area contributed by atoms with Crippen LogP contribution in [0, 0.1) is 0 Å². The van der Waals surface area contributed by atoms with Crippen LogP contribution in [0.3, 0.4) is 0 Å². The van der Waals surface area contributed by atoms with Crippen molar-refractivity contribution in [3.8, 4) is 0 Å². The second-order valence-corrected chi connectivity index (χ2v) is 8.36. The summed E-state index contributed by atoms with van der Waals surface area (Å²) in [7, 11) is -3.12. The van der Waals surface area contributed by atoms with E-state index in [0.717, 1.165) is 5.30 Å². The molecule has 3 aromatic rings. The van der Waals surface area contributed by atoms with Gasteiger partial charge in [0.2, 0.25) is 0 Å². The van der Waals surface area contributed by atoms with Crippen LogP contribution in [0.25, 0.3) is 0 Å². The average molecular weight is 347 g/mol. The van der Waals surface area contributed by atoms with Crippen LogP contribution < -0.4 is 15.9 Å². The van der Waals surface area contributed by atoms with E-state index in [1.54, 1.807) is 24.3 Å². The van der Waals surface area contributed by atoms with Crippen LogP contribution in [0.5, 0.6) is 0 Å². The number of hydrogen-bond acceptors (Lipinski definition) is 1. The lowest BCUT2D eigenvalue weighted by atomic mass is 10.3. The molecule has 0 radical (unpaired) electrons. The van der Waals surface area contributed by atoms with E-state index < -0.39 is 7.14 Å². The zero-order valence-corrected chi connectivity index (χ0v) is 14.0. The molecule has 0 saturated heterocycles. The smallest absolute Gasteiger partial charge is 0.173 e. The summed E-state index contributed by atoms with van der Waals surface area (Å²) in [5.41, 5.74) is 0. The second kappa shape index (κ2) is 6.30. The molecule has 0 amide bonds. The van der Waals surface area contributed by atoms with Crippen molar-refractivity contribution in [2.75, 3.05) is 0 Å². The number of halogens is 2. The lowest BCUT2D eigenvalue weighted by Gasteiger charge is -2.21. The largest absolute Gasteiger partial charge is 0.309 e. The van der Waals surface area contributed by atoms with Gasteiger partial charge >= 0.3 is 0 Å². The molecule has 0 aliphatic rings. The third kappa shape index (κ3) is 2.61. The minimum Gasteiger partial charge on any atom is -0.309 e. The summed E-state index contributed by atoms with van der Waals surface area (Å²) in [5.74, 6) is 0. The zero-order chi connectivity index (χ0) is 15.6. The van der Waals surface area contributed by atoms with E-state index in [2.05, 4.69) is 0 Å². The second-order valence-electron chi connectivity index (χ2n) is 4.85. The van der Waals surface area contributed by atoms with E-state index in [9.17, 15) is 4.57 Å². The first-order valence-corrected chi connectivity index (χ1v) is 9.26. The van der Waals surface area contributed by atoms with Gasteiger partial charge in [-0.3, -0.25) is 0 Å². The van der Waals surface area contributed by atoms with Crippen LogP contribution in [-0.2, 0) is 4.57 Å². The van der Waals surface area contributed by atoms with Gasteiger partial charge in [0.25, 0.3) is 0 Å². The summed E-state index contributed by atoms with van der Waals surface area (Å²) >= 11 is 12.7. The maximum Gasteiger partial charge on any atom is 0.173 e. The van der Waals surface area contributed by atoms with E-state index in [0.29, 0.717) is 20.7 Å². The summed E-state index contributed by atoms with van der Waals surface area (Å²) in [6, 6.07) is 23.8. The first kappa shape index (κ1) is 15.4. The molecule has 1 nitrogen and oxygen atoms in total. The van der Waals surface area contributed by atoms with Crippen molar-refractivity contribution >= 4 is 46.3 Å². The number of benzene rings is 3. The third-order valence-electron chi connectivity index (χ3n) is 3.50. The van der Waals surface area contributed by atoms with Crippen molar-refractivity contribution in [2.24, 2.45) is 0 Å². The third-order valence-corrected chi connectivity index (χ3v) is 7.59. The highest BCUT2D eigenvalue weighted by molar-refractivity contribution is 7.85. The lowest BCUT2D eigenvalue weighted by Crippen LogP contribution is -2.26. The Morgan fingerprint density at radius 3 is 1.45 bits per heavy atom. The average Bonchev–Trinajstić information content (AvgIpc) is 2.56. The molecule has 0 heterocycles. The topological polar surface area (TPSA) is 17.1 Å². The predicted octanol–water partition coefficient (Wildman–Crippen LogP) is 4.63. The minimum absolute atomic E-state index is 0.481. The molecule has 0 N–H and O–H groups in total. The van der Waals surface area contributed by atoms with Crippen molar-refractivity contribution in [1.29, 1.82) is 0 Å². The van der Waals surface area contributed by atoms with Crippen LogP contribution >= 0.6 is 30.3 Å². The van der Waals surface area contributed by atoms with Gasteiger partial charge in [-0.2, -0.15) is 0 Å². The minimum atomic E-state index is -3.12. The van der Waals surface area contributed by atoms with E-state index in [-0.39, 0.29) is 0 Å². The molecule has 0 unspecified atom stereocenters. The highest BCUT2D eigenvalue weighted by Gasteiger charge is 2.33. The first-order valence-electron chi connectivity index (χ1n) is 6.80. The van der Waals surface area contributed by atoms with Crippen molar-refractivity contribution < 1.29 is 4.57 Å². The maximum atomic E-state index is 14.1. The fourth-order valence-corrected chi connectivity index (χ4v) is 6.20. The number of hydrogen-bond donors (Lipinski definition) is 0. The fraction of sp³-hybridized carbons (Fsp3) is 0. The van der Waals surface area contributed by atoms with Crippen LogP contribution in [0.15, 0.2) is 78.9 Å². The highest BCUT2D eigenvalue weighted by atomic mass is 35.5. The molecule has 110 valence electrons. The molecule has 3 aromatic carbocycles. The summed E-state index contributed by atoms with van der Waals surface area (Å²) in [6.07, 6.45) is 0. The molecule has 3 rings (SSSR count). The van der Waals surface area contributed by atoms with Crippen LogP contribution in [-0.4, -0.2) is 0 Å². The SMILES string of the molecule is O=P(c1ccccc1)(c1ccccc1Cl)c1ccccc1Cl. The van der Waals surface area contributed by atoms with Crippen LogP contribution in [0.1, 0.15) is 0 Å². The molecule has 4 heteroatoms. The van der Waals surface area contributed by atoms with Crippen molar-refractivity contribution in [3.05, 3.63) is 88.9 Å². The van der Waals surface area contributed by atoms with E-state index >= 15 is 0 Å². The van der Waals surface area contributed by atoms with Crippen molar-refractivity contribution in [1.82, 2.24) is 0 Å². The molecule has 0 aliphatic heterocycles. The predicted molar refractivity (Wildman–Crippen MR) is 95.9 cm³/mol. The van der Waals surface area contributed by atoms with Gasteiger partial charge in [0.05, 0.1) is 10.0 Å². The molecule has 0 fully saturated rings. The monoisotopic (exact) mass is 346 g/mol. The molecule has 0 aliphatic carbocycles. The molecule has 22 heavy (non-hydrogen) atoms. The van der Waals surface area contributed by atoms with Crippen molar-refractivity contribution in [3.63, 3.8) is 0 Å². The lowest BCUT2D eigenvalue weighted by molar-refractivity contribution is 0.592. The standard InChI is InChI=1S/C18H13Cl2OP/c19-15-10-4-6-12-17(15)22(21,14-8-2-1-3-9-14)18-13-7-5-11-16(18)20/h1-13H. The van der Waals surface area contributed by atoms with Crippen molar-refractivity contribution in [2.45, 2.75) is 0 Å². The Labute approximate surface area is 139 Å². The van der Waals surface area contributed by atoms with Gasteiger partial charge in [-0.1, -0.05) is 77.8 Å². The zero-order valence-electron chi connectivity index (χ0n) is 11.6. The Morgan fingerprint density at radius 1 is 0.591 bits per heavy atom. The summed E-state index contributed by atoms with van der Waals surface area (Å²) in [6.45, 7) is 0. The Hall–Kier alpha value is -1.53. The highest BCUT2D eigenvalue weighted by Crippen LogP contribution is 2.45. The van der Waals surface area contributed by atoms with Gasteiger partial charge in [-0.15, -0.1) is 0 Å². The summed E-state index contributed by atoms with van der Waals surface area (Å²) in [5, 5.41) is 2.90. The molecule has 0 aromatic heterocycles. The van der Waals surface area contributed by atoms with Gasteiger partial charge < -0.3 is 4.57 Å². The quantitative estimate of drug-likeness (QED) is 0.631. The Bertz CT molecular complexity index is 797. The Balaban J connectivity index is 2.37. The fourth-order valence-electron chi connectivity index (χ4n) is 2.46. The molecular weight excluding hydrogens is 334 g/mol. The Kier molecular flexibility index (Phi) is 4.40. The molecule has 0 saturated carbocycles. The molecule has 0 atom stereocenters. The van der Waals surface area contributed by atoms with Gasteiger partial charge in [0.1, 0.15) is 0 Å². The van der Waals surface area contributed by atoms with Gasteiger partial charge in [0, 0.05) is 15.9 Å². The van der Waals surface area contributed by atoms with E-state index in [1.165, 1.54) is 0 Å². The number of rotatable bonds is 3.